The second-order valence-electron chi connectivity index (χ2n) is 4.39. The Kier molecular flexibility index (Phi) is 3.87. The van der Waals surface area contributed by atoms with Crippen LogP contribution in [0.5, 0.6) is 5.95 Å². The highest BCUT2D eigenvalue weighted by Crippen LogP contribution is 2.25. The molecule has 0 N–H and O–H groups in total. The largest absolute Gasteiger partial charge is 0.341 e. The topological polar surface area (TPSA) is 69.4 Å². The fourth-order valence-electron chi connectivity index (χ4n) is 1.80. The van der Waals surface area contributed by atoms with E-state index in [9.17, 15) is 8.42 Å². The lowest BCUT2D eigenvalue weighted by Crippen LogP contribution is -2.08. The molecule has 1 heterocycles. The van der Waals surface area contributed by atoms with E-state index in [1.165, 1.54) is 30.3 Å². The van der Waals surface area contributed by atoms with Crippen molar-refractivity contribution >= 4 is 21.7 Å². The molecule has 0 unspecified atom stereocenters. The van der Waals surface area contributed by atoms with Crippen LogP contribution in [0.1, 0.15) is 0 Å². The summed E-state index contributed by atoms with van der Waals surface area (Å²) in [6.45, 7) is 0. The SMILES string of the molecule is O=S(=O)(Oc1cc(-c2ccccc2)no1)c1ccc(Cl)cc1. The number of hydrogen-bond donors (Lipinski definition) is 0. The van der Waals surface area contributed by atoms with Gasteiger partial charge in [0.1, 0.15) is 10.6 Å². The average Bonchev–Trinajstić information content (AvgIpc) is 2.96. The fraction of sp³-hybridized carbons (Fsp3) is 0. The van der Waals surface area contributed by atoms with Crippen LogP contribution in [0.2, 0.25) is 5.02 Å². The second-order valence-corrected chi connectivity index (χ2v) is 6.37. The van der Waals surface area contributed by atoms with Crippen LogP contribution in [-0.2, 0) is 10.1 Å². The van der Waals surface area contributed by atoms with Gasteiger partial charge in [-0.25, -0.2) is 0 Å². The summed E-state index contributed by atoms with van der Waals surface area (Å²) >= 11 is 5.73. The van der Waals surface area contributed by atoms with E-state index in [1.54, 1.807) is 0 Å². The van der Waals surface area contributed by atoms with E-state index in [4.69, 9.17) is 20.3 Å². The first kappa shape index (κ1) is 14.6. The zero-order chi connectivity index (χ0) is 15.6. The quantitative estimate of drug-likeness (QED) is 0.679. The van der Waals surface area contributed by atoms with Gasteiger partial charge in [0.2, 0.25) is 0 Å². The molecule has 0 aliphatic carbocycles. The van der Waals surface area contributed by atoms with Crippen molar-refractivity contribution in [1.29, 1.82) is 0 Å². The predicted molar refractivity (Wildman–Crippen MR) is 81.2 cm³/mol. The number of aromatic nitrogens is 1. The molecule has 0 aliphatic heterocycles. The third kappa shape index (κ3) is 3.13. The molecule has 22 heavy (non-hydrogen) atoms. The highest BCUT2D eigenvalue weighted by atomic mass is 35.5. The number of halogens is 1. The molecule has 0 amide bonds. The van der Waals surface area contributed by atoms with Crippen molar-refractivity contribution in [3.63, 3.8) is 0 Å². The lowest BCUT2D eigenvalue weighted by atomic mass is 10.2. The molecule has 0 saturated carbocycles. The van der Waals surface area contributed by atoms with E-state index in [0.717, 1.165) is 5.56 Å². The lowest BCUT2D eigenvalue weighted by Gasteiger charge is -2.02. The Morgan fingerprint density at radius 1 is 1.00 bits per heavy atom. The summed E-state index contributed by atoms with van der Waals surface area (Å²) in [5.41, 5.74) is 1.28. The van der Waals surface area contributed by atoms with E-state index in [0.29, 0.717) is 10.7 Å². The first-order valence-electron chi connectivity index (χ1n) is 6.27. The Hall–Kier alpha value is -2.31. The molecule has 2 aromatic carbocycles. The summed E-state index contributed by atoms with van der Waals surface area (Å²) in [5.74, 6) is -0.200. The number of hydrogen-bond acceptors (Lipinski definition) is 5. The third-order valence-corrected chi connectivity index (χ3v) is 4.34. The van der Waals surface area contributed by atoms with E-state index < -0.39 is 10.1 Å². The average molecular weight is 336 g/mol. The molecule has 3 rings (SSSR count). The number of rotatable bonds is 4. The molecule has 0 bridgehead atoms. The van der Waals surface area contributed by atoms with Crippen molar-refractivity contribution in [3.05, 3.63) is 65.7 Å². The monoisotopic (exact) mass is 335 g/mol. The highest BCUT2D eigenvalue weighted by Gasteiger charge is 2.19. The van der Waals surface area contributed by atoms with Gasteiger partial charge < -0.3 is 8.71 Å². The minimum Gasteiger partial charge on any atom is -0.340 e. The van der Waals surface area contributed by atoms with Crippen LogP contribution < -0.4 is 4.18 Å². The zero-order valence-corrected chi connectivity index (χ0v) is 12.7. The van der Waals surface area contributed by atoms with Gasteiger partial charge in [-0.15, -0.1) is 0 Å². The molecule has 7 heteroatoms. The smallest absolute Gasteiger partial charge is 0.340 e. The zero-order valence-electron chi connectivity index (χ0n) is 11.1. The van der Waals surface area contributed by atoms with Crippen LogP contribution in [0, 0.1) is 0 Å². The first-order chi connectivity index (χ1) is 10.5. The van der Waals surface area contributed by atoms with Crippen molar-refractivity contribution in [2.75, 3.05) is 0 Å². The Morgan fingerprint density at radius 2 is 1.68 bits per heavy atom. The van der Waals surface area contributed by atoms with E-state index in [1.807, 2.05) is 30.3 Å². The van der Waals surface area contributed by atoms with Crippen molar-refractivity contribution < 1.29 is 17.1 Å². The van der Waals surface area contributed by atoms with Crippen LogP contribution in [0.3, 0.4) is 0 Å². The molecule has 0 fully saturated rings. The Balaban J connectivity index is 1.84. The van der Waals surface area contributed by atoms with Crippen molar-refractivity contribution in [2.24, 2.45) is 0 Å². The standard InChI is InChI=1S/C15H10ClNO4S/c16-12-6-8-13(9-7-12)22(18,19)21-15-10-14(17-20-15)11-4-2-1-3-5-11/h1-10H. The molecule has 0 radical (unpaired) electrons. The van der Waals surface area contributed by atoms with Gasteiger partial charge in [0, 0.05) is 10.6 Å². The summed E-state index contributed by atoms with van der Waals surface area (Å²) in [6.07, 6.45) is 0. The Morgan fingerprint density at radius 3 is 2.36 bits per heavy atom. The molecule has 3 aromatic rings. The molecule has 0 atom stereocenters. The van der Waals surface area contributed by atoms with Gasteiger partial charge in [-0.3, -0.25) is 0 Å². The lowest BCUT2D eigenvalue weighted by molar-refractivity contribution is 0.320. The maximum Gasteiger partial charge on any atom is 0.341 e. The summed E-state index contributed by atoms with van der Waals surface area (Å²) in [7, 11) is -3.99. The van der Waals surface area contributed by atoms with Crippen LogP contribution in [0.15, 0.2) is 70.1 Å². The number of nitrogens with zero attached hydrogens (tertiary/aromatic N) is 1. The van der Waals surface area contributed by atoms with Gasteiger partial charge in [0.25, 0.3) is 0 Å². The van der Waals surface area contributed by atoms with E-state index >= 15 is 0 Å². The van der Waals surface area contributed by atoms with Crippen molar-refractivity contribution in [2.45, 2.75) is 4.90 Å². The van der Waals surface area contributed by atoms with Gasteiger partial charge >= 0.3 is 16.1 Å². The normalized spacial score (nSPS) is 11.3. The molecular formula is C15H10ClNO4S. The molecular weight excluding hydrogens is 326 g/mol. The third-order valence-electron chi connectivity index (χ3n) is 2.85. The van der Waals surface area contributed by atoms with Gasteiger partial charge in [0.05, 0.1) is 6.07 Å². The maximum atomic E-state index is 12.1. The summed E-state index contributed by atoms with van der Waals surface area (Å²) in [6, 6.07) is 16.3. The predicted octanol–water partition coefficient (Wildman–Crippen LogP) is 3.76. The summed E-state index contributed by atoms with van der Waals surface area (Å²) < 4.78 is 34.1. The van der Waals surface area contributed by atoms with Gasteiger partial charge in [0.15, 0.2) is 0 Å². The Labute approximate surface area is 132 Å². The number of benzene rings is 2. The maximum absolute atomic E-state index is 12.1. The summed E-state index contributed by atoms with van der Waals surface area (Å²) in [4.78, 5) is -0.0189. The van der Waals surface area contributed by atoms with Crippen LogP contribution >= 0.6 is 11.6 Å². The minimum absolute atomic E-state index is 0.0189. The molecule has 0 spiro atoms. The molecule has 0 aliphatic rings. The second kappa shape index (κ2) is 5.82. The van der Waals surface area contributed by atoms with E-state index in [-0.39, 0.29) is 10.8 Å². The molecule has 0 saturated heterocycles. The van der Waals surface area contributed by atoms with Gasteiger partial charge in [-0.05, 0) is 24.3 Å². The van der Waals surface area contributed by atoms with Crippen molar-refractivity contribution in [3.8, 4) is 17.2 Å². The molecule has 112 valence electrons. The van der Waals surface area contributed by atoms with Crippen LogP contribution in [0.25, 0.3) is 11.3 Å². The molecule has 5 nitrogen and oxygen atoms in total. The van der Waals surface area contributed by atoms with E-state index in [2.05, 4.69) is 5.16 Å². The van der Waals surface area contributed by atoms with Crippen molar-refractivity contribution in [1.82, 2.24) is 5.16 Å². The fourth-order valence-corrected chi connectivity index (χ4v) is 2.79. The van der Waals surface area contributed by atoms with Gasteiger partial charge in [-0.2, -0.15) is 8.42 Å². The highest BCUT2D eigenvalue weighted by molar-refractivity contribution is 7.87. The van der Waals surface area contributed by atoms with Crippen LogP contribution in [0.4, 0.5) is 0 Å². The molecule has 1 aromatic heterocycles. The van der Waals surface area contributed by atoms with Gasteiger partial charge in [-0.1, -0.05) is 47.1 Å². The Bertz CT molecular complexity index is 873. The minimum atomic E-state index is -3.99. The van der Waals surface area contributed by atoms with Crippen LogP contribution in [-0.4, -0.2) is 13.6 Å². The summed E-state index contributed by atoms with van der Waals surface area (Å²) in [5, 5.41) is 4.23. The first-order valence-corrected chi connectivity index (χ1v) is 8.05.